The Balaban J connectivity index is 1.74. The van der Waals surface area contributed by atoms with Crippen molar-refractivity contribution in [3.05, 3.63) is 33.6 Å². The lowest BCUT2D eigenvalue weighted by molar-refractivity contribution is -0.143. The first-order valence-corrected chi connectivity index (χ1v) is 11.3. The molecule has 1 aromatic carbocycles. The molecule has 1 aromatic heterocycles. The summed E-state index contributed by atoms with van der Waals surface area (Å²) in [7, 11) is 0. The zero-order valence-corrected chi connectivity index (χ0v) is 19.0. The van der Waals surface area contributed by atoms with Crippen molar-refractivity contribution in [1.29, 1.82) is 0 Å². The third kappa shape index (κ3) is 2.31. The van der Waals surface area contributed by atoms with Crippen molar-refractivity contribution in [2.75, 3.05) is 13.1 Å². The van der Waals surface area contributed by atoms with Crippen molar-refractivity contribution >= 4 is 40.1 Å². The van der Waals surface area contributed by atoms with E-state index in [9.17, 15) is 4.79 Å². The molecule has 0 spiro atoms. The number of hydrogen-bond acceptors (Lipinski definition) is 3. The predicted molar refractivity (Wildman–Crippen MR) is 117 cm³/mol. The highest BCUT2D eigenvalue weighted by molar-refractivity contribution is 6.42. The Morgan fingerprint density at radius 1 is 1.07 bits per heavy atom. The second-order valence-corrected chi connectivity index (χ2v) is 10.9. The summed E-state index contributed by atoms with van der Waals surface area (Å²) >= 11 is 12.5. The zero-order valence-electron chi connectivity index (χ0n) is 17.5. The lowest BCUT2D eigenvalue weighted by Gasteiger charge is -2.43. The number of hydrogen-bond donors (Lipinski definition) is 0. The number of piperidine rings is 1. The highest BCUT2D eigenvalue weighted by Gasteiger charge is 2.73. The summed E-state index contributed by atoms with van der Waals surface area (Å²) in [4.78, 5) is 26.3. The smallest absolute Gasteiger partial charge is 0.235 e. The number of aromatic nitrogens is 2. The van der Waals surface area contributed by atoms with Crippen LogP contribution in [-0.2, 0) is 15.6 Å². The molecule has 2 heterocycles. The van der Waals surface area contributed by atoms with Crippen molar-refractivity contribution in [1.82, 2.24) is 14.9 Å². The molecule has 1 amide bonds. The molecule has 3 aliphatic rings. The molecule has 29 heavy (non-hydrogen) atoms. The maximum absolute atomic E-state index is 14.1. The van der Waals surface area contributed by atoms with Gasteiger partial charge in [0, 0.05) is 18.5 Å². The van der Waals surface area contributed by atoms with Gasteiger partial charge in [-0.15, -0.1) is 0 Å². The summed E-state index contributed by atoms with van der Waals surface area (Å²) in [5.74, 6) is 0.787. The third-order valence-corrected chi connectivity index (χ3v) is 9.11. The summed E-state index contributed by atoms with van der Waals surface area (Å²) < 4.78 is 0. The Hall–Kier alpha value is -1.39. The van der Waals surface area contributed by atoms with Gasteiger partial charge in [0.2, 0.25) is 5.91 Å². The van der Waals surface area contributed by atoms with Gasteiger partial charge in [-0.05, 0) is 49.1 Å². The maximum Gasteiger partial charge on any atom is 0.235 e. The van der Waals surface area contributed by atoms with Crippen molar-refractivity contribution < 1.29 is 4.79 Å². The molecule has 3 unspecified atom stereocenters. The fraction of sp³-hybridized carbons (Fsp3) is 0.609. The summed E-state index contributed by atoms with van der Waals surface area (Å²) in [6.45, 7) is 10.6. The van der Waals surface area contributed by atoms with Crippen molar-refractivity contribution in [2.45, 2.75) is 64.2 Å². The molecule has 1 aliphatic heterocycles. The lowest BCUT2D eigenvalue weighted by Crippen LogP contribution is -2.54. The monoisotopic (exact) mass is 431 g/mol. The SMILES string of the molecule is CC1CCCN(C(=O)C23CCC(C)(c4nc5cc(Cl)c(Cl)cc5nc42)C3(C)C)C1. The van der Waals surface area contributed by atoms with Crippen LogP contribution in [0.3, 0.4) is 0 Å². The Kier molecular flexibility index (Phi) is 4.10. The van der Waals surface area contributed by atoms with E-state index in [1.165, 1.54) is 6.42 Å². The van der Waals surface area contributed by atoms with E-state index in [-0.39, 0.29) is 16.7 Å². The molecule has 6 heteroatoms. The van der Waals surface area contributed by atoms with E-state index in [2.05, 4.69) is 32.6 Å². The van der Waals surface area contributed by atoms with Gasteiger partial charge in [0.15, 0.2) is 0 Å². The Morgan fingerprint density at radius 2 is 1.69 bits per heavy atom. The van der Waals surface area contributed by atoms with E-state index in [1.807, 2.05) is 0 Å². The number of likely N-dealkylation sites (tertiary alicyclic amines) is 1. The minimum Gasteiger partial charge on any atom is -0.342 e. The molecular weight excluding hydrogens is 405 g/mol. The fourth-order valence-electron chi connectivity index (χ4n) is 6.22. The van der Waals surface area contributed by atoms with Crippen LogP contribution in [0.5, 0.6) is 0 Å². The van der Waals surface area contributed by atoms with Gasteiger partial charge in [-0.2, -0.15) is 0 Å². The maximum atomic E-state index is 14.1. The number of rotatable bonds is 1. The summed E-state index contributed by atoms with van der Waals surface area (Å²) in [6.07, 6.45) is 4.04. The van der Waals surface area contributed by atoms with Crippen molar-refractivity contribution in [3.8, 4) is 0 Å². The highest BCUT2D eigenvalue weighted by atomic mass is 35.5. The lowest BCUT2D eigenvalue weighted by atomic mass is 9.63. The van der Waals surface area contributed by atoms with E-state index in [4.69, 9.17) is 33.2 Å². The largest absolute Gasteiger partial charge is 0.342 e. The molecule has 1 saturated heterocycles. The van der Waals surface area contributed by atoms with Gasteiger partial charge in [-0.3, -0.25) is 4.79 Å². The fourth-order valence-corrected chi connectivity index (χ4v) is 6.53. The second-order valence-electron chi connectivity index (χ2n) is 10.0. The van der Waals surface area contributed by atoms with E-state index in [0.717, 1.165) is 49.3 Å². The Labute approximate surface area is 182 Å². The second kappa shape index (κ2) is 6.07. The molecule has 0 N–H and O–H groups in total. The van der Waals surface area contributed by atoms with Crippen LogP contribution in [0.1, 0.15) is 64.8 Å². The topological polar surface area (TPSA) is 46.1 Å². The summed E-state index contributed by atoms with van der Waals surface area (Å²) in [5.41, 5.74) is 2.23. The predicted octanol–water partition coefficient (Wildman–Crippen LogP) is 5.52. The van der Waals surface area contributed by atoms with E-state index >= 15 is 0 Å². The van der Waals surface area contributed by atoms with Crippen molar-refractivity contribution in [3.63, 3.8) is 0 Å². The molecular formula is C23H27Cl2N3O. The number of carbonyl (C=O) groups is 1. The van der Waals surface area contributed by atoms with Gasteiger partial charge in [0.25, 0.3) is 0 Å². The van der Waals surface area contributed by atoms with Gasteiger partial charge in [0.1, 0.15) is 0 Å². The van der Waals surface area contributed by atoms with Gasteiger partial charge in [0.05, 0.1) is 37.9 Å². The molecule has 2 aromatic rings. The number of amides is 1. The van der Waals surface area contributed by atoms with E-state index < -0.39 is 5.41 Å². The first-order valence-electron chi connectivity index (χ1n) is 10.6. The average molecular weight is 432 g/mol. The standard InChI is InChI=1S/C23H27Cl2N3O/c1-13-6-5-9-28(12-13)20(29)23-8-7-22(4,21(23,2)3)18-19(23)27-17-11-15(25)14(24)10-16(17)26-18/h10-11,13H,5-9,12H2,1-4H3. The minimum absolute atomic E-state index is 0.188. The van der Waals surface area contributed by atoms with Crippen LogP contribution >= 0.6 is 23.2 Å². The minimum atomic E-state index is -0.624. The van der Waals surface area contributed by atoms with Crippen LogP contribution < -0.4 is 0 Å². The normalized spacial score (nSPS) is 32.6. The number of halogens is 2. The molecule has 3 atom stereocenters. The van der Waals surface area contributed by atoms with Crippen LogP contribution in [0.25, 0.3) is 11.0 Å². The first-order chi connectivity index (χ1) is 13.6. The average Bonchev–Trinajstić information content (AvgIpc) is 2.96. The molecule has 4 nitrogen and oxygen atoms in total. The van der Waals surface area contributed by atoms with Crippen LogP contribution in [0.15, 0.2) is 12.1 Å². The molecule has 1 saturated carbocycles. The van der Waals surface area contributed by atoms with Crippen molar-refractivity contribution in [2.24, 2.45) is 11.3 Å². The van der Waals surface area contributed by atoms with E-state index in [0.29, 0.717) is 21.5 Å². The molecule has 154 valence electrons. The van der Waals surface area contributed by atoms with Crippen LogP contribution in [0.4, 0.5) is 0 Å². The first kappa shape index (κ1) is 19.6. The van der Waals surface area contributed by atoms with Crippen LogP contribution in [0.2, 0.25) is 10.0 Å². The molecule has 0 radical (unpaired) electrons. The van der Waals surface area contributed by atoms with Gasteiger partial charge in [-0.25, -0.2) is 9.97 Å². The summed E-state index contributed by atoms with van der Waals surface area (Å²) in [6, 6.07) is 3.56. The Morgan fingerprint density at radius 3 is 2.31 bits per heavy atom. The Bertz CT molecular complexity index is 1050. The van der Waals surface area contributed by atoms with Crippen LogP contribution in [-0.4, -0.2) is 33.9 Å². The molecule has 2 aliphatic carbocycles. The quantitative estimate of drug-likeness (QED) is 0.596. The highest BCUT2D eigenvalue weighted by Crippen LogP contribution is 2.70. The molecule has 2 bridgehead atoms. The van der Waals surface area contributed by atoms with Gasteiger partial charge >= 0.3 is 0 Å². The third-order valence-electron chi connectivity index (χ3n) is 8.39. The number of carbonyl (C=O) groups excluding carboxylic acids is 1. The zero-order chi connectivity index (χ0) is 20.8. The molecule has 2 fully saturated rings. The van der Waals surface area contributed by atoms with Gasteiger partial charge in [-0.1, -0.05) is 50.9 Å². The number of nitrogens with zero attached hydrogens (tertiary/aromatic N) is 3. The molecule has 5 rings (SSSR count). The van der Waals surface area contributed by atoms with E-state index in [1.54, 1.807) is 12.1 Å². The number of benzene rings is 1. The van der Waals surface area contributed by atoms with Gasteiger partial charge < -0.3 is 4.90 Å². The summed E-state index contributed by atoms with van der Waals surface area (Å²) in [5, 5.41) is 0.946. The van der Waals surface area contributed by atoms with Crippen LogP contribution in [0, 0.1) is 11.3 Å². The number of fused-ring (bicyclic) bond motifs is 6.